The first-order chi connectivity index (χ1) is 12.4. The van der Waals surface area contributed by atoms with Gasteiger partial charge < -0.3 is 16.4 Å². The van der Waals surface area contributed by atoms with Gasteiger partial charge in [-0.05, 0) is 61.6 Å². The Morgan fingerprint density at radius 2 is 2.04 bits per heavy atom. The molecule has 0 bridgehead atoms. The molecule has 2 aliphatic rings. The van der Waals surface area contributed by atoms with Crippen LogP contribution in [0, 0.1) is 13.8 Å². The zero-order valence-corrected chi connectivity index (χ0v) is 14.6. The summed E-state index contributed by atoms with van der Waals surface area (Å²) in [6.07, 6.45) is 1.36. The lowest BCUT2D eigenvalue weighted by molar-refractivity contribution is -0.112. The monoisotopic (exact) mass is 358 g/mol. The van der Waals surface area contributed by atoms with E-state index < -0.39 is 12.3 Å². The van der Waals surface area contributed by atoms with Gasteiger partial charge in [-0.15, -0.1) is 0 Å². The molecule has 26 heavy (non-hydrogen) atoms. The minimum atomic E-state index is -2.70. The van der Waals surface area contributed by atoms with Crippen LogP contribution in [0.5, 0.6) is 0 Å². The number of aryl methyl sites for hydroxylation is 2. The molecule has 0 aromatic heterocycles. The second kappa shape index (κ2) is 7.11. The number of carbonyl (C=O) groups excluding carboxylic acids is 1. The van der Waals surface area contributed by atoms with Crippen LogP contribution in [-0.4, -0.2) is 18.2 Å². The van der Waals surface area contributed by atoms with E-state index in [0.29, 0.717) is 11.4 Å². The third-order valence-electron chi connectivity index (χ3n) is 4.32. The van der Waals surface area contributed by atoms with Crippen molar-refractivity contribution in [2.24, 2.45) is 10.7 Å². The number of allylic oxidation sites excluding steroid dienone is 3. The number of alkyl halides is 2. The van der Waals surface area contributed by atoms with Crippen LogP contribution in [0.4, 0.5) is 14.5 Å². The van der Waals surface area contributed by atoms with Gasteiger partial charge in [-0.25, -0.2) is 13.8 Å². The summed E-state index contributed by atoms with van der Waals surface area (Å²) in [4.78, 5) is 16.9. The molecule has 0 saturated heterocycles. The van der Waals surface area contributed by atoms with Crippen LogP contribution in [0.15, 0.2) is 58.0 Å². The van der Waals surface area contributed by atoms with Gasteiger partial charge >= 0.3 is 0 Å². The lowest BCUT2D eigenvalue weighted by atomic mass is 10.1. The van der Waals surface area contributed by atoms with E-state index in [-0.39, 0.29) is 17.1 Å². The van der Waals surface area contributed by atoms with E-state index in [4.69, 9.17) is 5.73 Å². The molecule has 3 rings (SSSR count). The maximum absolute atomic E-state index is 13.2. The number of nitrogens with one attached hydrogen (secondary N) is 2. The predicted octanol–water partition coefficient (Wildman–Crippen LogP) is 3.28. The van der Waals surface area contributed by atoms with Crippen LogP contribution in [-0.2, 0) is 4.79 Å². The van der Waals surface area contributed by atoms with Crippen LogP contribution in [0.25, 0.3) is 0 Å². The number of halogens is 2. The van der Waals surface area contributed by atoms with Crippen molar-refractivity contribution in [3.63, 3.8) is 0 Å². The molecule has 1 aromatic rings. The molecule has 1 aliphatic carbocycles. The Morgan fingerprint density at radius 3 is 2.62 bits per heavy atom. The number of rotatable bonds is 4. The van der Waals surface area contributed by atoms with E-state index in [1.54, 1.807) is 6.07 Å². The van der Waals surface area contributed by atoms with Crippen LogP contribution in [0.3, 0.4) is 0 Å². The molecular formula is C19H20F2N4O. The summed E-state index contributed by atoms with van der Waals surface area (Å²) in [5.41, 5.74) is 9.52. The molecular weight excluding hydrogens is 338 g/mol. The highest BCUT2D eigenvalue weighted by Crippen LogP contribution is 2.34. The second-order valence-corrected chi connectivity index (χ2v) is 6.31. The maximum Gasteiger partial charge on any atom is 0.278 e. The molecule has 0 unspecified atom stereocenters. The Morgan fingerprint density at radius 1 is 1.31 bits per heavy atom. The molecule has 7 heteroatoms. The quantitative estimate of drug-likeness (QED) is 0.723. The minimum Gasteiger partial charge on any atom is -0.404 e. The van der Waals surface area contributed by atoms with Crippen LogP contribution >= 0.6 is 0 Å². The highest BCUT2D eigenvalue weighted by molar-refractivity contribution is 6.25. The maximum atomic E-state index is 13.2. The van der Waals surface area contributed by atoms with Crippen molar-refractivity contribution in [3.8, 4) is 0 Å². The third-order valence-corrected chi connectivity index (χ3v) is 4.32. The number of nitrogens with two attached hydrogens (primary N) is 1. The molecule has 1 aromatic carbocycles. The summed E-state index contributed by atoms with van der Waals surface area (Å²) in [5, 5.41) is 5.25. The molecule has 1 saturated carbocycles. The van der Waals surface area contributed by atoms with Crippen molar-refractivity contribution in [1.29, 1.82) is 0 Å². The average Bonchev–Trinajstić information content (AvgIpc) is 3.43. The Labute approximate surface area is 150 Å². The Kier molecular flexibility index (Phi) is 4.88. The van der Waals surface area contributed by atoms with Gasteiger partial charge in [-0.3, -0.25) is 4.79 Å². The number of anilines is 1. The molecule has 1 amide bonds. The number of aliphatic imine (C=N–C) groups is 1. The van der Waals surface area contributed by atoms with E-state index in [1.165, 1.54) is 6.08 Å². The first-order valence-corrected chi connectivity index (χ1v) is 8.27. The van der Waals surface area contributed by atoms with Crippen molar-refractivity contribution < 1.29 is 13.6 Å². The zero-order chi connectivity index (χ0) is 18.8. The van der Waals surface area contributed by atoms with Gasteiger partial charge in [0.15, 0.2) is 0 Å². The first kappa shape index (κ1) is 17.8. The fourth-order valence-corrected chi connectivity index (χ4v) is 2.53. The number of hydrogen-bond acceptors (Lipinski definition) is 4. The Balaban J connectivity index is 1.85. The fourth-order valence-electron chi connectivity index (χ4n) is 2.53. The van der Waals surface area contributed by atoms with E-state index >= 15 is 0 Å². The summed E-state index contributed by atoms with van der Waals surface area (Å²) in [5.74, 6) is -0.487. The summed E-state index contributed by atoms with van der Waals surface area (Å²) in [6, 6.07) is 5.49. The van der Waals surface area contributed by atoms with Crippen molar-refractivity contribution in [2.45, 2.75) is 33.1 Å². The van der Waals surface area contributed by atoms with Crippen molar-refractivity contribution in [1.82, 2.24) is 5.32 Å². The molecule has 0 atom stereocenters. The summed E-state index contributed by atoms with van der Waals surface area (Å²) in [7, 11) is 0. The summed E-state index contributed by atoms with van der Waals surface area (Å²) in [6.45, 7) is 3.91. The molecule has 0 radical (unpaired) electrons. The van der Waals surface area contributed by atoms with E-state index in [1.807, 2.05) is 26.0 Å². The minimum absolute atomic E-state index is 0.00762. The van der Waals surface area contributed by atoms with Crippen molar-refractivity contribution in [2.75, 3.05) is 5.32 Å². The SMILES string of the molecule is Cc1ccc(NC(=O)C(=CN)C2=NC(=C3CC3)C=C(C(F)F)N2)cc1C. The number of amides is 1. The first-order valence-electron chi connectivity index (χ1n) is 8.27. The molecule has 1 fully saturated rings. The van der Waals surface area contributed by atoms with E-state index in [9.17, 15) is 13.6 Å². The largest absolute Gasteiger partial charge is 0.404 e. The highest BCUT2D eigenvalue weighted by atomic mass is 19.3. The molecule has 4 N–H and O–H groups in total. The Bertz CT molecular complexity index is 876. The average molecular weight is 358 g/mol. The fraction of sp³-hybridized carbons (Fsp3) is 0.263. The van der Waals surface area contributed by atoms with E-state index in [0.717, 1.165) is 35.7 Å². The summed E-state index contributed by atoms with van der Waals surface area (Å²) >= 11 is 0. The van der Waals surface area contributed by atoms with Crippen molar-refractivity contribution >= 4 is 17.4 Å². The standard InChI is InChI=1S/C19H20F2N4O/c1-10-3-6-13(7-11(10)2)23-19(26)14(9-22)18-24-15(12-4-5-12)8-16(25-18)17(20)21/h3,6-9,17H,4-5,22H2,1-2H3,(H,23,26)(H,24,25). The van der Waals surface area contributed by atoms with Gasteiger partial charge in [-0.2, -0.15) is 0 Å². The summed E-state index contributed by atoms with van der Waals surface area (Å²) < 4.78 is 26.4. The number of carbonyl (C=O) groups is 1. The van der Waals surface area contributed by atoms with Gasteiger partial charge in [0.2, 0.25) is 0 Å². The number of benzene rings is 1. The van der Waals surface area contributed by atoms with Crippen LogP contribution in [0.1, 0.15) is 24.0 Å². The second-order valence-electron chi connectivity index (χ2n) is 6.31. The van der Waals surface area contributed by atoms with Gasteiger partial charge in [0.05, 0.1) is 17.0 Å². The third kappa shape index (κ3) is 3.82. The van der Waals surface area contributed by atoms with Gasteiger partial charge in [0.25, 0.3) is 12.3 Å². The van der Waals surface area contributed by atoms with Crippen molar-refractivity contribution in [3.05, 3.63) is 64.1 Å². The normalized spacial score (nSPS) is 16.9. The van der Waals surface area contributed by atoms with Crippen LogP contribution < -0.4 is 16.4 Å². The van der Waals surface area contributed by atoms with Gasteiger partial charge in [0, 0.05) is 11.9 Å². The molecule has 136 valence electrons. The molecule has 1 aliphatic heterocycles. The number of nitrogens with zero attached hydrogens (tertiary/aromatic N) is 1. The van der Waals surface area contributed by atoms with E-state index in [2.05, 4.69) is 15.6 Å². The number of hydrogen-bond donors (Lipinski definition) is 3. The lowest BCUT2D eigenvalue weighted by Crippen LogP contribution is -2.35. The topological polar surface area (TPSA) is 79.5 Å². The number of amidine groups is 1. The molecule has 1 heterocycles. The highest BCUT2D eigenvalue weighted by Gasteiger charge is 2.27. The predicted molar refractivity (Wildman–Crippen MR) is 97.7 cm³/mol. The Hall–Kier alpha value is -2.96. The van der Waals surface area contributed by atoms with Gasteiger partial charge in [-0.1, -0.05) is 6.07 Å². The van der Waals surface area contributed by atoms with Gasteiger partial charge in [0.1, 0.15) is 5.84 Å². The smallest absolute Gasteiger partial charge is 0.278 e. The lowest BCUT2D eigenvalue weighted by Gasteiger charge is -2.19. The zero-order valence-electron chi connectivity index (χ0n) is 14.6. The van der Waals surface area contributed by atoms with Crippen LogP contribution in [0.2, 0.25) is 0 Å². The molecule has 0 spiro atoms. The molecule has 5 nitrogen and oxygen atoms in total.